The Morgan fingerprint density at radius 1 is 1.35 bits per heavy atom. The number of rotatable bonds is 4. The van der Waals surface area contributed by atoms with Crippen LogP contribution in [-0.4, -0.2) is 32.9 Å². The van der Waals surface area contributed by atoms with E-state index in [4.69, 9.17) is 0 Å². The van der Waals surface area contributed by atoms with Crippen LogP contribution in [0.25, 0.3) is 0 Å². The Kier molecular flexibility index (Phi) is 4.86. The lowest BCUT2D eigenvalue weighted by Crippen LogP contribution is -2.35. The Hall–Kier alpha value is -2.01. The van der Waals surface area contributed by atoms with Crippen molar-refractivity contribution in [2.24, 2.45) is 0 Å². The van der Waals surface area contributed by atoms with Crippen molar-refractivity contribution in [1.29, 1.82) is 0 Å². The second-order valence-corrected chi connectivity index (χ2v) is 6.30. The van der Waals surface area contributed by atoms with Gasteiger partial charge in [-0.2, -0.15) is 0 Å². The molecule has 0 amide bonds. The highest BCUT2D eigenvalue weighted by Crippen LogP contribution is 2.25. The van der Waals surface area contributed by atoms with E-state index >= 15 is 0 Å². The molecule has 0 aliphatic carbocycles. The van der Waals surface area contributed by atoms with Gasteiger partial charge in [0.15, 0.2) is 0 Å². The van der Waals surface area contributed by atoms with Gasteiger partial charge in [0.25, 0.3) is 5.56 Å². The predicted octanol–water partition coefficient (Wildman–Crippen LogP) is 2.42. The normalized spacial score (nSPS) is 19.0. The number of hydrogen-bond acceptors (Lipinski definition) is 4. The van der Waals surface area contributed by atoms with Gasteiger partial charge in [0.05, 0.1) is 0 Å². The predicted molar refractivity (Wildman–Crippen MR) is 90.5 cm³/mol. The van der Waals surface area contributed by atoms with Crippen LogP contribution in [0.4, 0.5) is 0 Å². The molecular formula is C18H24N4O. The quantitative estimate of drug-likeness (QED) is 0.942. The van der Waals surface area contributed by atoms with Gasteiger partial charge in [0.2, 0.25) is 0 Å². The minimum Gasteiger partial charge on any atom is -0.310 e. The van der Waals surface area contributed by atoms with Crippen molar-refractivity contribution in [2.75, 3.05) is 13.1 Å². The van der Waals surface area contributed by atoms with E-state index in [2.05, 4.69) is 32.0 Å². The number of aryl methyl sites for hydroxylation is 1. The van der Waals surface area contributed by atoms with Gasteiger partial charge in [-0.1, -0.05) is 6.92 Å². The molecule has 1 aliphatic rings. The molecule has 3 heterocycles. The molecule has 5 nitrogen and oxygen atoms in total. The summed E-state index contributed by atoms with van der Waals surface area (Å²) < 4.78 is 0. The molecule has 0 spiro atoms. The van der Waals surface area contributed by atoms with E-state index in [0.29, 0.717) is 5.92 Å². The largest absolute Gasteiger partial charge is 0.310 e. The van der Waals surface area contributed by atoms with Crippen LogP contribution in [0.2, 0.25) is 0 Å². The number of likely N-dealkylation sites (tertiary alicyclic amines) is 1. The number of hydrogen-bond donors (Lipinski definition) is 1. The van der Waals surface area contributed by atoms with Crippen LogP contribution in [0, 0.1) is 6.92 Å². The highest BCUT2D eigenvalue weighted by Gasteiger charge is 2.24. The first-order valence-electron chi connectivity index (χ1n) is 8.38. The summed E-state index contributed by atoms with van der Waals surface area (Å²) in [5.41, 5.74) is 2.98. The van der Waals surface area contributed by atoms with Crippen LogP contribution in [0.3, 0.4) is 0 Å². The molecule has 1 atom stereocenters. The number of nitrogens with zero attached hydrogens (tertiary/aromatic N) is 3. The molecule has 1 aliphatic heterocycles. The zero-order chi connectivity index (χ0) is 16.2. The van der Waals surface area contributed by atoms with Crippen LogP contribution >= 0.6 is 0 Å². The van der Waals surface area contributed by atoms with E-state index < -0.39 is 0 Å². The van der Waals surface area contributed by atoms with Gasteiger partial charge in [0.1, 0.15) is 5.82 Å². The average molecular weight is 312 g/mol. The van der Waals surface area contributed by atoms with E-state index in [0.717, 1.165) is 56.0 Å². The van der Waals surface area contributed by atoms with Gasteiger partial charge >= 0.3 is 0 Å². The lowest BCUT2D eigenvalue weighted by atomic mass is 9.96. The Balaban J connectivity index is 1.75. The van der Waals surface area contributed by atoms with Crippen molar-refractivity contribution in [1.82, 2.24) is 19.9 Å². The van der Waals surface area contributed by atoms with Crippen LogP contribution in [0.5, 0.6) is 0 Å². The van der Waals surface area contributed by atoms with E-state index in [1.165, 1.54) is 5.56 Å². The van der Waals surface area contributed by atoms with Gasteiger partial charge in [-0.3, -0.25) is 14.7 Å². The number of aromatic amines is 1. The second-order valence-electron chi connectivity index (χ2n) is 6.30. The van der Waals surface area contributed by atoms with Crippen LogP contribution in [0.15, 0.2) is 29.3 Å². The van der Waals surface area contributed by atoms with Crippen molar-refractivity contribution in [3.63, 3.8) is 0 Å². The van der Waals surface area contributed by atoms with E-state index in [1.54, 1.807) is 0 Å². The Bertz CT molecular complexity index is 711. The number of pyridine rings is 1. The molecule has 5 heteroatoms. The van der Waals surface area contributed by atoms with E-state index in [-0.39, 0.29) is 5.56 Å². The Morgan fingerprint density at radius 3 is 2.83 bits per heavy atom. The third-order valence-electron chi connectivity index (χ3n) is 4.64. The Labute approximate surface area is 136 Å². The number of H-pyrrole nitrogens is 1. The minimum absolute atomic E-state index is 0.0289. The van der Waals surface area contributed by atoms with Gasteiger partial charge in [-0.25, -0.2) is 4.98 Å². The highest BCUT2D eigenvalue weighted by molar-refractivity contribution is 5.18. The summed E-state index contributed by atoms with van der Waals surface area (Å²) in [6.45, 7) is 6.89. The molecule has 0 aromatic carbocycles. The summed E-state index contributed by atoms with van der Waals surface area (Å²) >= 11 is 0. The summed E-state index contributed by atoms with van der Waals surface area (Å²) in [6, 6.07) is 4.12. The van der Waals surface area contributed by atoms with E-state index in [1.807, 2.05) is 26.2 Å². The van der Waals surface area contributed by atoms with Crippen molar-refractivity contribution in [3.05, 3.63) is 57.5 Å². The summed E-state index contributed by atoms with van der Waals surface area (Å²) in [6.07, 6.45) is 6.62. The SMILES string of the molecule is CCc1c(C)nc([C@H]2CCCN(Cc3ccncc3)C2)[nH]c1=O. The van der Waals surface area contributed by atoms with Crippen LogP contribution < -0.4 is 5.56 Å². The molecule has 2 aromatic heterocycles. The van der Waals surface area contributed by atoms with Gasteiger partial charge in [-0.05, 0) is 50.4 Å². The zero-order valence-corrected chi connectivity index (χ0v) is 13.9. The fraction of sp³-hybridized carbons (Fsp3) is 0.500. The Morgan fingerprint density at radius 2 is 2.13 bits per heavy atom. The third kappa shape index (κ3) is 3.67. The maximum atomic E-state index is 12.2. The topological polar surface area (TPSA) is 61.9 Å². The molecular weight excluding hydrogens is 288 g/mol. The molecule has 1 N–H and O–H groups in total. The molecule has 3 rings (SSSR count). The second kappa shape index (κ2) is 7.04. The molecule has 122 valence electrons. The lowest BCUT2D eigenvalue weighted by molar-refractivity contribution is 0.196. The number of aromatic nitrogens is 3. The van der Waals surface area contributed by atoms with Crippen LogP contribution in [0.1, 0.15) is 48.3 Å². The fourth-order valence-electron chi connectivity index (χ4n) is 3.41. The molecule has 0 bridgehead atoms. The zero-order valence-electron chi connectivity index (χ0n) is 13.9. The summed E-state index contributed by atoms with van der Waals surface area (Å²) in [5, 5.41) is 0. The van der Waals surface area contributed by atoms with Gasteiger partial charge in [0, 0.05) is 42.7 Å². The first-order valence-corrected chi connectivity index (χ1v) is 8.38. The molecule has 1 fully saturated rings. The highest BCUT2D eigenvalue weighted by atomic mass is 16.1. The van der Waals surface area contributed by atoms with Crippen LogP contribution in [-0.2, 0) is 13.0 Å². The van der Waals surface area contributed by atoms with Crippen molar-refractivity contribution in [3.8, 4) is 0 Å². The summed E-state index contributed by atoms with van der Waals surface area (Å²) in [7, 11) is 0. The first kappa shape index (κ1) is 15.9. The molecule has 1 saturated heterocycles. The molecule has 0 radical (unpaired) electrons. The molecule has 23 heavy (non-hydrogen) atoms. The number of nitrogens with one attached hydrogen (secondary N) is 1. The maximum absolute atomic E-state index is 12.2. The third-order valence-corrected chi connectivity index (χ3v) is 4.64. The fourth-order valence-corrected chi connectivity index (χ4v) is 3.41. The molecule has 2 aromatic rings. The smallest absolute Gasteiger partial charge is 0.254 e. The minimum atomic E-state index is 0.0289. The number of piperidine rings is 1. The monoisotopic (exact) mass is 312 g/mol. The average Bonchev–Trinajstić information content (AvgIpc) is 2.56. The van der Waals surface area contributed by atoms with Crippen molar-refractivity contribution >= 4 is 0 Å². The first-order chi connectivity index (χ1) is 11.2. The van der Waals surface area contributed by atoms with Crippen molar-refractivity contribution < 1.29 is 0 Å². The van der Waals surface area contributed by atoms with Crippen molar-refractivity contribution in [2.45, 2.75) is 45.6 Å². The summed E-state index contributed by atoms with van der Waals surface area (Å²) in [4.78, 5) is 26.4. The van der Waals surface area contributed by atoms with Gasteiger partial charge < -0.3 is 4.98 Å². The van der Waals surface area contributed by atoms with Gasteiger partial charge in [-0.15, -0.1) is 0 Å². The molecule has 0 saturated carbocycles. The lowest BCUT2D eigenvalue weighted by Gasteiger charge is -2.32. The van der Waals surface area contributed by atoms with E-state index in [9.17, 15) is 4.79 Å². The summed E-state index contributed by atoms with van der Waals surface area (Å²) in [5.74, 6) is 1.16. The maximum Gasteiger partial charge on any atom is 0.254 e. The molecule has 0 unspecified atom stereocenters. The standard InChI is InChI=1S/C18H24N4O/c1-3-16-13(2)20-17(21-18(16)23)15-5-4-10-22(12-15)11-14-6-8-19-9-7-14/h6-9,15H,3-5,10-12H2,1-2H3,(H,20,21,23)/t15-/m0/s1.